The van der Waals surface area contributed by atoms with Crippen LogP contribution < -0.4 is 11.5 Å². The molecule has 0 fully saturated rings. The van der Waals surface area contributed by atoms with Crippen LogP contribution in [-0.2, 0) is 12.8 Å². The lowest BCUT2D eigenvalue weighted by Gasteiger charge is -2.14. The topological polar surface area (TPSA) is 92.5 Å². The Balaban J connectivity index is 1.65. The van der Waals surface area contributed by atoms with Crippen LogP contribution in [0.4, 0.5) is 0 Å². The number of nitrogens with two attached hydrogens (primary N) is 2. The van der Waals surface area contributed by atoms with Gasteiger partial charge in [-0.1, -0.05) is 58.0 Å². The van der Waals surface area contributed by atoms with E-state index in [1.54, 1.807) is 45.9 Å². The summed E-state index contributed by atoms with van der Waals surface area (Å²) in [5, 5.41) is 19.5. The van der Waals surface area contributed by atoms with Crippen LogP contribution >= 0.6 is 21.6 Å². The van der Waals surface area contributed by atoms with Gasteiger partial charge in [0.2, 0.25) is 0 Å². The Morgan fingerprint density at radius 2 is 1.08 bits per heavy atom. The summed E-state index contributed by atoms with van der Waals surface area (Å²) in [5.41, 5.74) is 14.0. The van der Waals surface area contributed by atoms with Crippen molar-refractivity contribution in [1.82, 2.24) is 0 Å². The first-order valence-corrected chi connectivity index (χ1v) is 10.3. The van der Waals surface area contributed by atoms with Gasteiger partial charge in [-0.15, -0.1) is 0 Å². The van der Waals surface area contributed by atoms with Crippen molar-refractivity contribution in [2.24, 2.45) is 11.5 Å². The van der Waals surface area contributed by atoms with E-state index in [0.717, 1.165) is 22.6 Å². The number of hydrogen-bond donors (Lipinski definition) is 4. The molecule has 0 aliphatic heterocycles. The van der Waals surface area contributed by atoms with Gasteiger partial charge < -0.3 is 21.7 Å². The van der Waals surface area contributed by atoms with Gasteiger partial charge in [-0.25, -0.2) is 0 Å². The van der Waals surface area contributed by atoms with Crippen molar-refractivity contribution in [3.05, 3.63) is 59.7 Å². The Bertz CT molecular complexity index is 584. The highest BCUT2D eigenvalue weighted by Gasteiger charge is 2.10. The van der Waals surface area contributed by atoms with Gasteiger partial charge in [-0.05, 0) is 36.1 Å². The number of phenols is 2. The van der Waals surface area contributed by atoms with E-state index in [0.29, 0.717) is 24.3 Å². The van der Waals surface area contributed by atoms with Gasteiger partial charge in [0.05, 0.1) is 0 Å². The van der Waals surface area contributed by atoms with Crippen LogP contribution in [-0.4, -0.2) is 33.8 Å². The smallest absolute Gasteiger partial charge is 0.118 e. The zero-order valence-corrected chi connectivity index (χ0v) is 15.1. The van der Waals surface area contributed by atoms with Gasteiger partial charge in [0.15, 0.2) is 0 Å². The van der Waals surface area contributed by atoms with Crippen molar-refractivity contribution in [1.29, 1.82) is 0 Å². The summed E-state index contributed by atoms with van der Waals surface area (Å²) in [6, 6.07) is 14.6. The van der Waals surface area contributed by atoms with Gasteiger partial charge in [0.1, 0.15) is 11.5 Å². The van der Waals surface area contributed by atoms with E-state index in [1.165, 1.54) is 0 Å². The van der Waals surface area contributed by atoms with E-state index in [9.17, 15) is 10.2 Å². The first kappa shape index (κ1) is 19.0. The number of benzene rings is 2. The van der Waals surface area contributed by atoms with Crippen LogP contribution in [0.1, 0.15) is 11.1 Å². The number of hydrogen-bond acceptors (Lipinski definition) is 6. The lowest BCUT2D eigenvalue weighted by atomic mass is 10.1. The third-order valence-corrected chi connectivity index (χ3v) is 6.21. The molecular weight excluding hydrogens is 340 g/mol. The van der Waals surface area contributed by atoms with Crippen molar-refractivity contribution in [2.75, 3.05) is 11.5 Å². The van der Waals surface area contributed by atoms with Crippen LogP contribution in [0.25, 0.3) is 0 Å². The summed E-state index contributed by atoms with van der Waals surface area (Å²) >= 11 is 0. The van der Waals surface area contributed by atoms with Crippen molar-refractivity contribution >= 4 is 21.6 Å². The van der Waals surface area contributed by atoms with Crippen LogP contribution in [0.3, 0.4) is 0 Å². The van der Waals surface area contributed by atoms with Gasteiger partial charge in [0, 0.05) is 23.6 Å². The molecule has 6 heteroatoms. The molecule has 4 nitrogen and oxygen atoms in total. The average Bonchev–Trinajstić information content (AvgIpc) is 2.56. The van der Waals surface area contributed by atoms with E-state index in [2.05, 4.69) is 0 Å². The van der Waals surface area contributed by atoms with Crippen LogP contribution in [0.2, 0.25) is 0 Å². The van der Waals surface area contributed by atoms with E-state index in [-0.39, 0.29) is 12.1 Å². The summed E-state index contributed by atoms with van der Waals surface area (Å²) in [7, 11) is 3.39. The van der Waals surface area contributed by atoms with Crippen LogP contribution in [0.15, 0.2) is 48.5 Å². The molecule has 0 spiro atoms. The number of phenolic OH excluding ortho intramolecular Hbond substituents is 2. The largest absolute Gasteiger partial charge is 0.508 e. The van der Waals surface area contributed by atoms with Crippen molar-refractivity contribution in [3.8, 4) is 11.5 Å². The molecule has 0 amide bonds. The minimum absolute atomic E-state index is 0.00908. The van der Waals surface area contributed by atoms with E-state index < -0.39 is 0 Å². The molecule has 0 heterocycles. The fraction of sp³-hybridized carbons (Fsp3) is 0.333. The second kappa shape index (κ2) is 9.84. The molecule has 2 rings (SSSR count). The first-order valence-electron chi connectivity index (χ1n) is 7.85. The molecule has 2 aromatic carbocycles. The predicted molar refractivity (Wildman–Crippen MR) is 104 cm³/mol. The molecule has 2 aromatic rings. The number of aromatic hydroxyl groups is 2. The molecule has 0 aliphatic rings. The normalized spacial score (nSPS) is 13.6. The lowest BCUT2D eigenvalue weighted by Crippen LogP contribution is -2.27. The highest BCUT2D eigenvalue weighted by atomic mass is 33.1. The average molecular weight is 365 g/mol. The van der Waals surface area contributed by atoms with Crippen molar-refractivity contribution < 1.29 is 10.2 Å². The Labute approximate surface area is 151 Å². The molecular formula is C18H24N2O2S2. The Hall–Kier alpha value is -1.34. The summed E-state index contributed by atoms with van der Waals surface area (Å²) in [5.74, 6) is 2.19. The Morgan fingerprint density at radius 1 is 0.708 bits per heavy atom. The SMILES string of the molecule is NC(CSSCC(N)Cc1ccccc1O)Cc1ccccc1O. The molecule has 0 bridgehead atoms. The maximum absolute atomic E-state index is 9.76. The van der Waals surface area contributed by atoms with E-state index in [4.69, 9.17) is 11.5 Å². The van der Waals surface area contributed by atoms with Gasteiger partial charge >= 0.3 is 0 Å². The monoisotopic (exact) mass is 364 g/mol. The minimum atomic E-state index is -0.00908. The molecule has 2 unspecified atom stereocenters. The highest BCUT2D eigenvalue weighted by molar-refractivity contribution is 8.76. The number of para-hydroxylation sites is 2. The molecule has 2 atom stereocenters. The number of rotatable bonds is 9. The quantitative estimate of drug-likeness (QED) is 0.404. The fourth-order valence-electron chi connectivity index (χ4n) is 2.32. The van der Waals surface area contributed by atoms with Gasteiger partial charge in [-0.2, -0.15) is 0 Å². The molecule has 24 heavy (non-hydrogen) atoms. The lowest BCUT2D eigenvalue weighted by molar-refractivity contribution is 0.465. The van der Waals surface area contributed by atoms with Crippen molar-refractivity contribution in [3.63, 3.8) is 0 Å². The maximum atomic E-state index is 9.76. The van der Waals surface area contributed by atoms with Gasteiger partial charge in [0.25, 0.3) is 0 Å². The molecule has 0 aromatic heterocycles. The van der Waals surface area contributed by atoms with E-state index >= 15 is 0 Å². The second-order valence-electron chi connectivity index (χ2n) is 5.75. The zero-order chi connectivity index (χ0) is 17.4. The molecule has 0 saturated heterocycles. The fourth-order valence-corrected chi connectivity index (χ4v) is 4.72. The predicted octanol–water partition coefficient (Wildman–Crippen LogP) is 2.92. The summed E-state index contributed by atoms with van der Waals surface area (Å²) in [6.07, 6.45) is 1.31. The zero-order valence-electron chi connectivity index (χ0n) is 13.5. The summed E-state index contributed by atoms with van der Waals surface area (Å²) in [4.78, 5) is 0. The van der Waals surface area contributed by atoms with E-state index in [1.807, 2.05) is 24.3 Å². The summed E-state index contributed by atoms with van der Waals surface area (Å²) in [6.45, 7) is 0. The Morgan fingerprint density at radius 3 is 1.46 bits per heavy atom. The van der Waals surface area contributed by atoms with Crippen LogP contribution in [0, 0.1) is 0 Å². The highest BCUT2D eigenvalue weighted by Crippen LogP contribution is 2.26. The van der Waals surface area contributed by atoms with Gasteiger partial charge in [-0.3, -0.25) is 0 Å². The van der Waals surface area contributed by atoms with Crippen molar-refractivity contribution in [2.45, 2.75) is 24.9 Å². The molecule has 130 valence electrons. The summed E-state index contributed by atoms with van der Waals surface area (Å²) < 4.78 is 0. The third-order valence-electron chi connectivity index (χ3n) is 3.60. The van der Waals surface area contributed by atoms with Crippen LogP contribution in [0.5, 0.6) is 11.5 Å². The molecule has 6 N–H and O–H groups in total. The molecule has 0 aliphatic carbocycles. The standard InChI is InChI=1S/C18H24N2O2S2/c19-15(9-13-5-1-3-7-17(13)21)11-23-24-12-16(20)10-14-6-2-4-8-18(14)22/h1-8,15-16,21-22H,9-12,19-20H2. The second-order valence-corrected chi connectivity index (χ2v) is 8.31. The maximum Gasteiger partial charge on any atom is 0.118 e. The first-order chi connectivity index (χ1) is 11.6. The molecule has 0 radical (unpaired) electrons. The Kier molecular flexibility index (Phi) is 7.78. The molecule has 0 saturated carbocycles. The minimum Gasteiger partial charge on any atom is -0.508 e. The third kappa shape index (κ3) is 6.28.